The topological polar surface area (TPSA) is 104 Å². The Kier molecular flexibility index (Phi) is 4.87. The van der Waals surface area contributed by atoms with Gasteiger partial charge in [-0.25, -0.2) is 12.8 Å². The van der Waals surface area contributed by atoms with Gasteiger partial charge in [0.25, 0.3) is 15.7 Å². The van der Waals surface area contributed by atoms with E-state index in [2.05, 4.69) is 5.32 Å². The molecule has 0 aliphatic carbocycles. The Morgan fingerprint density at radius 3 is 1.73 bits per heavy atom. The van der Waals surface area contributed by atoms with Crippen LogP contribution in [0.15, 0.2) is 0 Å². The average Bonchev–Trinajstić information content (AvgIpc) is 2.37. The summed E-state index contributed by atoms with van der Waals surface area (Å²) < 4.78 is 121. The van der Waals surface area contributed by atoms with Gasteiger partial charge in [-0.1, -0.05) is 0 Å². The number of sulfonamides is 1. The van der Waals surface area contributed by atoms with Gasteiger partial charge in [-0.3, -0.25) is 4.55 Å². The third-order valence-electron chi connectivity index (χ3n) is 3.16. The van der Waals surface area contributed by atoms with E-state index in [9.17, 15) is 38.8 Å². The number of nitrogens with one attached hydrogen (secondary N) is 1. The van der Waals surface area contributed by atoms with E-state index in [1.165, 1.54) is 0 Å². The fourth-order valence-electron chi connectivity index (χ4n) is 1.70. The highest BCUT2D eigenvalue weighted by atomic mass is 32.2. The van der Waals surface area contributed by atoms with Crippen molar-refractivity contribution in [3.05, 3.63) is 0 Å². The fourth-order valence-corrected chi connectivity index (χ4v) is 3.98. The van der Waals surface area contributed by atoms with Crippen molar-refractivity contribution in [2.75, 3.05) is 26.2 Å². The lowest BCUT2D eigenvalue weighted by Crippen LogP contribution is -2.65. The molecule has 0 aromatic carbocycles. The Balaban J connectivity index is 3.37. The van der Waals surface area contributed by atoms with E-state index in [1.54, 1.807) is 0 Å². The molecule has 1 aliphatic rings. The van der Waals surface area contributed by atoms with Crippen LogP contribution in [-0.2, 0) is 20.1 Å². The lowest BCUT2D eigenvalue weighted by atomic mass is 10.1. The second-order valence-corrected chi connectivity index (χ2v) is 8.11. The number of nitrogens with zero attached hydrogens (tertiary/aromatic N) is 1. The summed E-state index contributed by atoms with van der Waals surface area (Å²) in [5, 5.41) is -9.23. The average molecular weight is 376 g/mol. The zero-order valence-electron chi connectivity index (χ0n) is 11.1. The third-order valence-corrected chi connectivity index (χ3v) is 6.26. The first-order valence-electron chi connectivity index (χ1n) is 5.72. The van der Waals surface area contributed by atoms with Crippen molar-refractivity contribution in [1.82, 2.24) is 9.62 Å². The molecule has 132 valence electrons. The molecule has 0 aromatic rings. The zero-order chi connectivity index (χ0) is 17.6. The molecule has 1 fully saturated rings. The Hall–Kier alpha value is -0.570. The molecule has 14 heteroatoms. The smallest absolute Gasteiger partial charge is 0.314 e. The second-order valence-electron chi connectivity index (χ2n) is 4.67. The van der Waals surface area contributed by atoms with Gasteiger partial charge in [0.2, 0.25) is 0 Å². The maximum absolute atomic E-state index is 13.9. The van der Waals surface area contributed by atoms with Crippen LogP contribution in [0.1, 0.15) is 6.92 Å². The normalized spacial score (nSPS) is 22.3. The summed E-state index contributed by atoms with van der Waals surface area (Å²) in [6, 6.07) is 0. The van der Waals surface area contributed by atoms with Crippen molar-refractivity contribution >= 4 is 20.1 Å². The molecule has 0 bridgehead atoms. The van der Waals surface area contributed by atoms with Gasteiger partial charge in [0.1, 0.15) is 0 Å². The first-order valence-corrected chi connectivity index (χ1v) is 8.60. The molecule has 2 N–H and O–H groups in total. The molecule has 1 heterocycles. The maximum atomic E-state index is 13.9. The van der Waals surface area contributed by atoms with Crippen molar-refractivity contribution in [3.8, 4) is 0 Å². The summed E-state index contributed by atoms with van der Waals surface area (Å²) in [6.45, 7) is -1.82. The van der Waals surface area contributed by atoms with Crippen LogP contribution in [0.2, 0.25) is 0 Å². The van der Waals surface area contributed by atoms with E-state index in [-0.39, 0.29) is 17.4 Å². The lowest BCUT2D eigenvalue weighted by Gasteiger charge is -2.37. The van der Waals surface area contributed by atoms with Gasteiger partial charge < -0.3 is 5.32 Å². The molecule has 1 unspecified atom stereocenters. The van der Waals surface area contributed by atoms with Crippen molar-refractivity contribution in [2.24, 2.45) is 0 Å². The van der Waals surface area contributed by atoms with Crippen LogP contribution >= 0.6 is 0 Å². The Labute approximate surface area is 123 Å². The van der Waals surface area contributed by atoms with E-state index in [4.69, 9.17) is 4.55 Å². The molecule has 0 amide bonds. The summed E-state index contributed by atoms with van der Waals surface area (Å²) in [6.07, 6.45) is 0. The molecule has 1 atom stereocenters. The molecule has 1 aliphatic heterocycles. The van der Waals surface area contributed by atoms with Crippen LogP contribution in [0.4, 0.5) is 22.0 Å². The predicted molar refractivity (Wildman–Crippen MR) is 64.3 cm³/mol. The SMILES string of the molecule is CC(F)(C(F)(F)S(=O)(=O)O)C(F)(F)S(=O)(=O)N1CCNCC1. The van der Waals surface area contributed by atoms with Gasteiger partial charge in [-0.05, 0) is 6.92 Å². The van der Waals surface area contributed by atoms with Gasteiger partial charge in [-0.15, -0.1) is 0 Å². The van der Waals surface area contributed by atoms with Crippen LogP contribution in [0, 0.1) is 0 Å². The van der Waals surface area contributed by atoms with Crippen LogP contribution in [0.25, 0.3) is 0 Å². The van der Waals surface area contributed by atoms with Crippen molar-refractivity contribution in [3.63, 3.8) is 0 Å². The number of piperazine rings is 1. The number of hydrogen-bond donors (Lipinski definition) is 2. The van der Waals surface area contributed by atoms with Gasteiger partial charge >= 0.3 is 20.6 Å². The summed E-state index contributed by atoms with van der Waals surface area (Å²) in [4.78, 5) is 0. The van der Waals surface area contributed by atoms with Crippen molar-refractivity contribution in [1.29, 1.82) is 0 Å². The monoisotopic (exact) mass is 376 g/mol. The van der Waals surface area contributed by atoms with Crippen molar-refractivity contribution < 1.29 is 43.3 Å². The molecule has 1 rings (SSSR count). The predicted octanol–water partition coefficient (Wildman–Crippen LogP) is 0.0230. The van der Waals surface area contributed by atoms with Crippen molar-refractivity contribution in [2.45, 2.75) is 23.1 Å². The van der Waals surface area contributed by atoms with Crippen LogP contribution in [-0.4, -0.2) is 68.1 Å². The lowest BCUT2D eigenvalue weighted by molar-refractivity contribution is -0.166. The van der Waals surface area contributed by atoms with E-state index < -0.39 is 56.3 Å². The third kappa shape index (κ3) is 2.70. The molecule has 1 saturated heterocycles. The Morgan fingerprint density at radius 2 is 1.36 bits per heavy atom. The molecule has 0 saturated carbocycles. The molecular formula is C8H13F5N2O5S2. The second kappa shape index (κ2) is 5.51. The summed E-state index contributed by atoms with van der Waals surface area (Å²) in [7, 11) is -12.6. The summed E-state index contributed by atoms with van der Waals surface area (Å²) in [5.74, 6) is 0. The molecule has 0 radical (unpaired) electrons. The first-order chi connectivity index (χ1) is 9.61. The number of alkyl halides is 5. The fraction of sp³-hybridized carbons (Fsp3) is 1.00. The Morgan fingerprint density at radius 1 is 0.955 bits per heavy atom. The van der Waals surface area contributed by atoms with Crippen LogP contribution < -0.4 is 5.32 Å². The van der Waals surface area contributed by atoms with Gasteiger partial charge in [-0.2, -0.15) is 30.3 Å². The van der Waals surface area contributed by atoms with Gasteiger partial charge in [0.05, 0.1) is 0 Å². The van der Waals surface area contributed by atoms with E-state index >= 15 is 0 Å². The van der Waals surface area contributed by atoms with Gasteiger partial charge in [0.15, 0.2) is 0 Å². The molecule has 7 nitrogen and oxygen atoms in total. The minimum absolute atomic E-state index is 0.0708. The quantitative estimate of drug-likeness (QED) is 0.518. The van der Waals surface area contributed by atoms with E-state index in [1.807, 2.05) is 0 Å². The van der Waals surface area contributed by atoms with Crippen LogP contribution in [0.3, 0.4) is 0 Å². The highest BCUT2D eigenvalue weighted by Gasteiger charge is 2.78. The highest BCUT2D eigenvalue weighted by Crippen LogP contribution is 2.49. The summed E-state index contributed by atoms with van der Waals surface area (Å²) in [5.41, 5.74) is -5.39. The summed E-state index contributed by atoms with van der Waals surface area (Å²) >= 11 is 0. The molecule has 0 aromatic heterocycles. The zero-order valence-corrected chi connectivity index (χ0v) is 12.7. The largest absolute Gasteiger partial charge is 0.409 e. The molecule has 22 heavy (non-hydrogen) atoms. The van der Waals surface area contributed by atoms with Crippen LogP contribution in [0.5, 0.6) is 0 Å². The van der Waals surface area contributed by atoms with E-state index in [0.717, 1.165) is 0 Å². The highest BCUT2D eigenvalue weighted by molar-refractivity contribution is 7.90. The first kappa shape index (κ1) is 19.5. The molecule has 0 spiro atoms. The van der Waals surface area contributed by atoms with Gasteiger partial charge in [0, 0.05) is 26.2 Å². The Bertz CT molecular complexity index is 627. The van der Waals surface area contributed by atoms with E-state index in [0.29, 0.717) is 0 Å². The number of halogens is 5. The minimum atomic E-state index is -6.62. The molecular weight excluding hydrogens is 363 g/mol. The standard InChI is InChI=1S/C8H13F5N2O5S2/c1-6(9,8(12,13)22(18,19)20)7(10,11)21(16,17)15-4-2-14-3-5-15/h14H,2-5H2,1H3,(H,18,19,20). The minimum Gasteiger partial charge on any atom is -0.314 e. The number of rotatable bonds is 5. The number of hydrogen-bond acceptors (Lipinski definition) is 5. The maximum Gasteiger partial charge on any atom is 0.409 e.